The van der Waals surface area contributed by atoms with E-state index >= 15 is 0 Å². The van der Waals surface area contributed by atoms with Crippen molar-refractivity contribution >= 4 is 17.3 Å². The number of hydrogen-bond donors (Lipinski definition) is 2. The normalized spacial score (nSPS) is 10.4. The number of ether oxygens (including phenoxy) is 1. The Morgan fingerprint density at radius 3 is 2.65 bits per heavy atom. The maximum absolute atomic E-state index is 5.15. The van der Waals surface area contributed by atoms with Gasteiger partial charge in [-0.1, -0.05) is 0 Å². The maximum atomic E-state index is 5.15. The summed E-state index contributed by atoms with van der Waals surface area (Å²) in [5.41, 5.74) is 3.40. The average molecular weight is 256 g/mol. The first-order valence-electron chi connectivity index (χ1n) is 5.56. The molecule has 0 unspecified atom stereocenters. The molecule has 0 atom stereocenters. The lowest BCUT2D eigenvalue weighted by molar-refractivity contribution is 0.204. The number of hydrogen-bond acceptors (Lipinski definition) is 3. The summed E-state index contributed by atoms with van der Waals surface area (Å²) in [6.07, 6.45) is 0. The van der Waals surface area contributed by atoms with Gasteiger partial charge < -0.3 is 15.4 Å². The summed E-state index contributed by atoms with van der Waals surface area (Å²) in [6, 6.07) is 0. The molecule has 0 aliphatic rings. The van der Waals surface area contributed by atoms with Crippen LogP contribution in [0.25, 0.3) is 0 Å². The van der Waals surface area contributed by atoms with Gasteiger partial charge in [-0.05, 0) is 26.1 Å². The molecular formula is C11H20N4OS. The number of aromatic nitrogens is 2. The van der Waals surface area contributed by atoms with Crippen LogP contribution in [-0.2, 0) is 18.3 Å². The van der Waals surface area contributed by atoms with E-state index in [-0.39, 0.29) is 0 Å². The van der Waals surface area contributed by atoms with Crippen LogP contribution in [0.5, 0.6) is 0 Å². The first-order chi connectivity index (χ1) is 8.06. The van der Waals surface area contributed by atoms with E-state index in [1.807, 2.05) is 18.7 Å². The fraction of sp³-hybridized carbons (Fsp3) is 0.636. The van der Waals surface area contributed by atoms with E-state index < -0.39 is 0 Å². The van der Waals surface area contributed by atoms with Gasteiger partial charge in [0, 0.05) is 38.5 Å². The number of methoxy groups -OCH3 is 1. The van der Waals surface area contributed by atoms with Gasteiger partial charge in [-0.25, -0.2) is 0 Å². The molecule has 0 saturated heterocycles. The summed E-state index contributed by atoms with van der Waals surface area (Å²) in [6.45, 7) is 6.12. The van der Waals surface area contributed by atoms with E-state index in [1.165, 1.54) is 5.56 Å². The van der Waals surface area contributed by atoms with Gasteiger partial charge >= 0.3 is 0 Å². The molecule has 0 aliphatic heterocycles. The van der Waals surface area contributed by atoms with Crippen LogP contribution >= 0.6 is 12.2 Å². The molecule has 17 heavy (non-hydrogen) atoms. The third-order valence-electron chi connectivity index (χ3n) is 2.68. The number of thiocarbonyl (C=S) groups is 1. The molecular weight excluding hydrogens is 236 g/mol. The van der Waals surface area contributed by atoms with E-state index in [4.69, 9.17) is 17.0 Å². The number of aryl methyl sites for hydroxylation is 2. The van der Waals surface area contributed by atoms with Crippen LogP contribution in [0.3, 0.4) is 0 Å². The molecule has 0 saturated carbocycles. The van der Waals surface area contributed by atoms with Crippen molar-refractivity contribution < 1.29 is 4.74 Å². The summed E-state index contributed by atoms with van der Waals surface area (Å²) >= 11 is 5.15. The molecule has 1 aromatic heterocycles. The summed E-state index contributed by atoms with van der Waals surface area (Å²) in [7, 11) is 3.61. The minimum absolute atomic E-state index is 0.643. The van der Waals surface area contributed by atoms with Gasteiger partial charge in [0.1, 0.15) is 0 Å². The standard InChI is InChI=1S/C11H20N4OS/c1-8-10(9(2)15(3)14-8)7-13-11(17)12-5-6-16-4/h5-7H2,1-4H3,(H2,12,13,17). The Morgan fingerprint density at radius 2 is 2.12 bits per heavy atom. The molecule has 6 heteroatoms. The highest BCUT2D eigenvalue weighted by atomic mass is 32.1. The molecule has 2 N–H and O–H groups in total. The zero-order valence-electron chi connectivity index (χ0n) is 10.8. The Hall–Kier alpha value is -1.14. The first-order valence-corrected chi connectivity index (χ1v) is 5.96. The third kappa shape index (κ3) is 3.98. The summed E-state index contributed by atoms with van der Waals surface area (Å²) in [5.74, 6) is 0. The molecule has 0 radical (unpaired) electrons. The minimum Gasteiger partial charge on any atom is -0.383 e. The molecule has 0 bridgehead atoms. The monoisotopic (exact) mass is 256 g/mol. The number of rotatable bonds is 5. The highest BCUT2D eigenvalue weighted by molar-refractivity contribution is 7.80. The smallest absolute Gasteiger partial charge is 0.166 e. The van der Waals surface area contributed by atoms with Crippen LogP contribution < -0.4 is 10.6 Å². The number of nitrogens with one attached hydrogen (secondary N) is 2. The van der Waals surface area contributed by atoms with Crippen molar-refractivity contribution in [2.75, 3.05) is 20.3 Å². The van der Waals surface area contributed by atoms with Gasteiger partial charge in [-0.15, -0.1) is 0 Å². The van der Waals surface area contributed by atoms with Gasteiger partial charge in [0.25, 0.3) is 0 Å². The molecule has 5 nitrogen and oxygen atoms in total. The second-order valence-corrected chi connectivity index (χ2v) is 4.28. The topological polar surface area (TPSA) is 51.1 Å². The van der Waals surface area contributed by atoms with Crippen molar-refractivity contribution in [3.05, 3.63) is 17.0 Å². The van der Waals surface area contributed by atoms with Gasteiger partial charge in [0.05, 0.1) is 12.3 Å². The Balaban J connectivity index is 2.42. The second-order valence-electron chi connectivity index (χ2n) is 3.88. The van der Waals surface area contributed by atoms with E-state index in [1.54, 1.807) is 7.11 Å². The van der Waals surface area contributed by atoms with Crippen LogP contribution in [0.1, 0.15) is 17.0 Å². The molecule has 96 valence electrons. The second kappa shape index (κ2) is 6.56. The van der Waals surface area contributed by atoms with Crippen molar-refractivity contribution in [2.45, 2.75) is 20.4 Å². The molecule has 1 aromatic rings. The van der Waals surface area contributed by atoms with Crippen LogP contribution in [0.2, 0.25) is 0 Å². The van der Waals surface area contributed by atoms with Gasteiger partial charge in [0.15, 0.2) is 5.11 Å². The molecule has 1 heterocycles. The Morgan fingerprint density at radius 1 is 1.41 bits per heavy atom. The first kappa shape index (κ1) is 13.9. The molecule has 0 spiro atoms. The highest BCUT2D eigenvalue weighted by Gasteiger charge is 2.08. The van der Waals surface area contributed by atoms with Gasteiger partial charge in [-0.2, -0.15) is 5.10 Å². The van der Waals surface area contributed by atoms with Gasteiger partial charge in [-0.3, -0.25) is 4.68 Å². The number of nitrogens with zero attached hydrogens (tertiary/aromatic N) is 2. The average Bonchev–Trinajstić information content (AvgIpc) is 2.51. The van der Waals surface area contributed by atoms with E-state index in [0.717, 1.165) is 11.4 Å². The van der Waals surface area contributed by atoms with E-state index in [9.17, 15) is 0 Å². The lowest BCUT2D eigenvalue weighted by atomic mass is 10.2. The van der Waals surface area contributed by atoms with Crippen molar-refractivity contribution in [3.63, 3.8) is 0 Å². The van der Waals surface area contributed by atoms with Crippen LogP contribution in [0.15, 0.2) is 0 Å². The van der Waals surface area contributed by atoms with Crippen LogP contribution in [-0.4, -0.2) is 35.2 Å². The van der Waals surface area contributed by atoms with Crippen molar-refractivity contribution in [1.29, 1.82) is 0 Å². The Kier molecular flexibility index (Phi) is 5.37. The molecule has 0 amide bonds. The van der Waals surface area contributed by atoms with Crippen molar-refractivity contribution in [3.8, 4) is 0 Å². The predicted octanol–water partition coefficient (Wildman–Crippen LogP) is 0.647. The molecule has 0 fully saturated rings. The fourth-order valence-electron chi connectivity index (χ4n) is 1.57. The van der Waals surface area contributed by atoms with E-state index in [0.29, 0.717) is 24.8 Å². The lowest BCUT2D eigenvalue weighted by Gasteiger charge is -2.10. The summed E-state index contributed by atoms with van der Waals surface area (Å²) < 4.78 is 6.82. The quantitative estimate of drug-likeness (QED) is 0.598. The molecule has 0 aliphatic carbocycles. The van der Waals surface area contributed by atoms with Crippen LogP contribution in [0.4, 0.5) is 0 Å². The zero-order chi connectivity index (χ0) is 12.8. The highest BCUT2D eigenvalue weighted by Crippen LogP contribution is 2.10. The molecule has 0 aromatic carbocycles. The fourth-order valence-corrected chi connectivity index (χ4v) is 1.75. The predicted molar refractivity (Wildman–Crippen MR) is 72.0 cm³/mol. The Labute approximate surface area is 108 Å². The van der Waals surface area contributed by atoms with E-state index in [2.05, 4.69) is 22.7 Å². The SMILES string of the molecule is COCCNC(=S)NCc1c(C)nn(C)c1C. The third-order valence-corrected chi connectivity index (χ3v) is 2.97. The summed E-state index contributed by atoms with van der Waals surface area (Å²) in [4.78, 5) is 0. The maximum Gasteiger partial charge on any atom is 0.166 e. The lowest BCUT2D eigenvalue weighted by Crippen LogP contribution is -2.36. The zero-order valence-corrected chi connectivity index (χ0v) is 11.6. The largest absolute Gasteiger partial charge is 0.383 e. The van der Waals surface area contributed by atoms with Gasteiger partial charge in [0.2, 0.25) is 0 Å². The van der Waals surface area contributed by atoms with Crippen LogP contribution in [0, 0.1) is 13.8 Å². The van der Waals surface area contributed by atoms with Crippen molar-refractivity contribution in [1.82, 2.24) is 20.4 Å². The minimum atomic E-state index is 0.643. The molecule has 1 rings (SSSR count). The van der Waals surface area contributed by atoms with Crippen molar-refractivity contribution in [2.24, 2.45) is 7.05 Å². The summed E-state index contributed by atoms with van der Waals surface area (Å²) in [5, 5.41) is 11.2. The Bertz CT molecular complexity index is 389.